The summed E-state index contributed by atoms with van der Waals surface area (Å²) in [5.41, 5.74) is 1.81. The normalized spacial score (nSPS) is 11.4. The van der Waals surface area contributed by atoms with Gasteiger partial charge >= 0.3 is 0 Å². The molecular weight excluding hydrogens is 172 g/mol. The van der Waals surface area contributed by atoms with E-state index in [4.69, 9.17) is 4.74 Å². The van der Waals surface area contributed by atoms with E-state index in [-0.39, 0.29) is 0 Å². The van der Waals surface area contributed by atoms with Crippen molar-refractivity contribution in [3.63, 3.8) is 0 Å². The first-order valence-electron chi connectivity index (χ1n) is 5.14. The molecule has 0 unspecified atom stereocenters. The van der Waals surface area contributed by atoms with Crippen molar-refractivity contribution in [1.82, 2.24) is 0 Å². The van der Waals surface area contributed by atoms with Gasteiger partial charge < -0.3 is 4.74 Å². The van der Waals surface area contributed by atoms with Crippen molar-refractivity contribution in [3.8, 4) is 5.75 Å². The second kappa shape index (κ2) is 4.50. The summed E-state index contributed by atoms with van der Waals surface area (Å²) >= 11 is 0. The van der Waals surface area contributed by atoms with E-state index in [0.717, 1.165) is 12.2 Å². The number of hydrogen-bond acceptors (Lipinski definition) is 1. The van der Waals surface area contributed by atoms with Crippen molar-refractivity contribution < 1.29 is 4.74 Å². The molecule has 0 aromatic heterocycles. The molecule has 0 saturated carbocycles. The number of benzene rings is 1. The number of hydrogen-bond donors (Lipinski definition) is 0. The van der Waals surface area contributed by atoms with Gasteiger partial charge in [-0.1, -0.05) is 32.9 Å². The van der Waals surface area contributed by atoms with E-state index in [1.807, 2.05) is 12.1 Å². The fourth-order valence-corrected chi connectivity index (χ4v) is 1.31. The van der Waals surface area contributed by atoms with Crippen LogP contribution in [0.5, 0.6) is 5.75 Å². The lowest BCUT2D eigenvalue weighted by molar-refractivity contribution is 0.378. The van der Waals surface area contributed by atoms with E-state index >= 15 is 0 Å². The molecule has 1 aromatic rings. The fourth-order valence-electron chi connectivity index (χ4n) is 1.31. The summed E-state index contributed by atoms with van der Waals surface area (Å²) in [5, 5.41) is 0. The molecular formula is C13H20O. The highest BCUT2D eigenvalue weighted by atomic mass is 16.5. The Morgan fingerprint density at radius 3 is 2.07 bits per heavy atom. The van der Waals surface area contributed by atoms with Crippen molar-refractivity contribution in [1.29, 1.82) is 0 Å². The molecule has 1 heteroatoms. The molecule has 14 heavy (non-hydrogen) atoms. The monoisotopic (exact) mass is 192 g/mol. The summed E-state index contributed by atoms with van der Waals surface area (Å²) < 4.78 is 5.11. The molecule has 0 atom stereocenters. The average molecular weight is 192 g/mol. The zero-order valence-electron chi connectivity index (χ0n) is 9.63. The van der Waals surface area contributed by atoms with Gasteiger partial charge in [0.25, 0.3) is 0 Å². The summed E-state index contributed by atoms with van der Waals surface area (Å²) in [5.74, 6) is 0.935. The van der Waals surface area contributed by atoms with E-state index in [1.54, 1.807) is 7.11 Å². The van der Waals surface area contributed by atoms with Gasteiger partial charge in [-0.3, -0.25) is 0 Å². The van der Waals surface area contributed by atoms with Crippen LogP contribution in [0, 0.1) is 5.41 Å². The van der Waals surface area contributed by atoms with Gasteiger partial charge in [0.15, 0.2) is 0 Å². The highest BCUT2D eigenvalue weighted by Gasteiger charge is 2.09. The molecule has 78 valence electrons. The molecule has 0 heterocycles. The third kappa shape index (κ3) is 3.82. The summed E-state index contributed by atoms with van der Waals surface area (Å²) in [4.78, 5) is 0. The molecule has 0 bridgehead atoms. The summed E-state index contributed by atoms with van der Waals surface area (Å²) in [6.45, 7) is 6.82. The Kier molecular flexibility index (Phi) is 3.56. The predicted octanol–water partition coefficient (Wildman–Crippen LogP) is 3.67. The standard InChI is InChI=1S/C13H20O/c1-13(2,3)10-9-11-5-7-12(14-4)8-6-11/h5-8H,9-10H2,1-4H3. The molecule has 0 N–H and O–H groups in total. The van der Waals surface area contributed by atoms with Gasteiger partial charge in [-0.15, -0.1) is 0 Å². The quantitative estimate of drug-likeness (QED) is 0.710. The maximum absolute atomic E-state index is 5.11. The maximum Gasteiger partial charge on any atom is 0.118 e. The Morgan fingerprint density at radius 1 is 1.07 bits per heavy atom. The van der Waals surface area contributed by atoms with Crippen LogP contribution >= 0.6 is 0 Å². The first kappa shape index (κ1) is 11.1. The van der Waals surface area contributed by atoms with Crippen LogP contribution < -0.4 is 4.74 Å². The van der Waals surface area contributed by atoms with Gasteiger partial charge in [-0.25, -0.2) is 0 Å². The largest absolute Gasteiger partial charge is 0.497 e. The lowest BCUT2D eigenvalue weighted by atomic mass is 9.89. The summed E-state index contributed by atoms with van der Waals surface area (Å²) in [6.07, 6.45) is 2.37. The summed E-state index contributed by atoms with van der Waals surface area (Å²) in [6, 6.07) is 8.34. The van der Waals surface area contributed by atoms with E-state index in [0.29, 0.717) is 5.41 Å². The highest BCUT2D eigenvalue weighted by Crippen LogP contribution is 2.22. The SMILES string of the molecule is COc1ccc(CCC(C)(C)C)cc1. The minimum Gasteiger partial charge on any atom is -0.497 e. The van der Waals surface area contributed by atoms with Crippen LogP contribution in [0.4, 0.5) is 0 Å². The predicted molar refractivity (Wildman–Crippen MR) is 60.8 cm³/mol. The molecule has 0 fully saturated rings. The Labute approximate surface area is 87.1 Å². The van der Waals surface area contributed by atoms with Gasteiger partial charge in [0.1, 0.15) is 5.75 Å². The van der Waals surface area contributed by atoms with Crippen LogP contribution in [0.2, 0.25) is 0 Å². The molecule has 1 aromatic carbocycles. The van der Waals surface area contributed by atoms with Gasteiger partial charge in [0.05, 0.1) is 7.11 Å². The number of ether oxygens (including phenoxy) is 1. The van der Waals surface area contributed by atoms with E-state index < -0.39 is 0 Å². The first-order valence-corrected chi connectivity index (χ1v) is 5.14. The smallest absolute Gasteiger partial charge is 0.118 e. The zero-order chi connectivity index (χ0) is 10.6. The van der Waals surface area contributed by atoms with Gasteiger partial charge in [0.2, 0.25) is 0 Å². The fraction of sp³-hybridized carbons (Fsp3) is 0.538. The van der Waals surface area contributed by atoms with Crippen LogP contribution in [0.15, 0.2) is 24.3 Å². The van der Waals surface area contributed by atoms with Crippen LogP contribution in [0.1, 0.15) is 32.8 Å². The Bertz CT molecular complexity index is 266. The molecule has 0 aliphatic rings. The van der Waals surface area contributed by atoms with Crippen LogP contribution in [0.3, 0.4) is 0 Å². The Balaban J connectivity index is 2.52. The lowest BCUT2D eigenvalue weighted by Gasteiger charge is -2.17. The van der Waals surface area contributed by atoms with Crippen molar-refractivity contribution >= 4 is 0 Å². The average Bonchev–Trinajstić information content (AvgIpc) is 2.14. The zero-order valence-corrected chi connectivity index (χ0v) is 9.63. The molecule has 0 saturated heterocycles. The van der Waals surface area contributed by atoms with E-state index in [9.17, 15) is 0 Å². The second-order valence-corrected chi connectivity index (χ2v) is 4.91. The molecule has 0 amide bonds. The summed E-state index contributed by atoms with van der Waals surface area (Å²) in [7, 11) is 1.70. The van der Waals surface area contributed by atoms with Crippen molar-refractivity contribution in [2.45, 2.75) is 33.6 Å². The minimum atomic E-state index is 0.417. The van der Waals surface area contributed by atoms with Crippen molar-refractivity contribution in [2.75, 3.05) is 7.11 Å². The van der Waals surface area contributed by atoms with Gasteiger partial charge in [0, 0.05) is 0 Å². The van der Waals surface area contributed by atoms with Crippen LogP contribution in [0.25, 0.3) is 0 Å². The Morgan fingerprint density at radius 2 is 1.64 bits per heavy atom. The third-order valence-corrected chi connectivity index (χ3v) is 2.32. The van der Waals surface area contributed by atoms with Crippen molar-refractivity contribution in [3.05, 3.63) is 29.8 Å². The van der Waals surface area contributed by atoms with Crippen molar-refractivity contribution in [2.24, 2.45) is 5.41 Å². The van der Waals surface area contributed by atoms with Gasteiger partial charge in [-0.05, 0) is 36.0 Å². The first-order chi connectivity index (χ1) is 6.51. The molecule has 1 nitrogen and oxygen atoms in total. The number of rotatable bonds is 3. The number of aryl methyl sites for hydroxylation is 1. The van der Waals surface area contributed by atoms with Gasteiger partial charge in [-0.2, -0.15) is 0 Å². The minimum absolute atomic E-state index is 0.417. The molecule has 0 aliphatic heterocycles. The third-order valence-electron chi connectivity index (χ3n) is 2.32. The highest BCUT2D eigenvalue weighted by molar-refractivity contribution is 5.27. The molecule has 0 spiro atoms. The van der Waals surface area contributed by atoms with E-state index in [1.165, 1.54) is 12.0 Å². The van der Waals surface area contributed by atoms with Crippen LogP contribution in [-0.2, 0) is 6.42 Å². The molecule has 1 rings (SSSR count). The second-order valence-electron chi connectivity index (χ2n) is 4.91. The number of methoxy groups -OCH3 is 1. The lowest BCUT2D eigenvalue weighted by Crippen LogP contribution is -2.06. The molecule has 0 radical (unpaired) electrons. The van der Waals surface area contributed by atoms with Crippen LogP contribution in [-0.4, -0.2) is 7.11 Å². The van der Waals surface area contributed by atoms with E-state index in [2.05, 4.69) is 32.9 Å². The maximum atomic E-state index is 5.11. The Hall–Kier alpha value is -0.980. The topological polar surface area (TPSA) is 9.23 Å². The molecule has 0 aliphatic carbocycles.